The van der Waals surface area contributed by atoms with Crippen LogP contribution in [0.25, 0.3) is 0 Å². The van der Waals surface area contributed by atoms with Gasteiger partial charge in [-0.2, -0.15) is 0 Å². The third-order valence-corrected chi connectivity index (χ3v) is 4.81. The van der Waals surface area contributed by atoms with Crippen molar-refractivity contribution >= 4 is 5.97 Å². The Morgan fingerprint density at radius 1 is 1.25 bits per heavy atom. The van der Waals surface area contributed by atoms with Crippen LogP contribution in [-0.2, 0) is 9.53 Å². The number of nitrogens with zero attached hydrogens (tertiary/aromatic N) is 1. The van der Waals surface area contributed by atoms with Crippen molar-refractivity contribution in [2.24, 2.45) is 5.92 Å². The van der Waals surface area contributed by atoms with Gasteiger partial charge in [-0.3, -0.25) is 9.69 Å². The second kappa shape index (κ2) is 7.41. The van der Waals surface area contributed by atoms with E-state index in [2.05, 4.69) is 24.1 Å². The summed E-state index contributed by atoms with van der Waals surface area (Å²) in [5.41, 5.74) is 0. The lowest BCUT2D eigenvalue weighted by Gasteiger charge is -2.41. The van der Waals surface area contributed by atoms with Gasteiger partial charge in [0.25, 0.3) is 0 Å². The number of piperidine rings is 1. The summed E-state index contributed by atoms with van der Waals surface area (Å²) in [6, 6.07) is 1.78. The molecule has 1 saturated heterocycles. The first kappa shape index (κ1) is 15.8. The van der Waals surface area contributed by atoms with E-state index >= 15 is 0 Å². The number of hydrogen-bond donors (Lipinski definition) is 1. The number of rotatable bonds is 5. The van der Waals surface area contributed by atoms with Gasteiger partial charge in [0, 0.05) is 37.6 Å². The van der Waals surface area contributed by atoms with E-state index in [0.29, 0.717) is 30.5 Å². The van der Waals surface area contributed by atoms with Crippen LogP contribution < -0.4 is 5.32 Å². The summed E-state index contributed by atoms with van der Waals surface area (Å²) in [5, 5.41) is 3.83. The van der Waals surface area contributed by atoms with Crippen molar-refractivity contribution in [3.8, 4) is 0 Å². The molecule has 0 amide bonds. The zero-order valence-corrected chi connectivity index (χ0v) is 13.2. The van der Waals surface area contributed by atoms with Crippen LogP contribution in [0.5, 0.6) is 0 Å². The average Bonchev–Trinajstić information content (AvgIpc) is 2.91. The molecule has 1 aliphatic heterocycles. The van der Waals surface area contributed by atoms with Crippen LogP contribution in [0.2, 0.25) is 0 Å². The first-order valence-electron chi connectivity index (χ1n) is 8.15. The minimum atomic E-state index is -0.0692. The average molecular weight is 282 g/mol. The molecule has 1 aliphatic carbocycles. The van der Waals surface area contributed by atoms with Gasteiger partial charge in [-0.05, 0) is 39.0 Å². The third kappa shape index (κ3) is 4.45. The Morgan fingerprint density at radius 2 is 1.95 bits per heavy atom. The SMILES string of the molecule is COC(=O)CC1CC(NC2CCCC2)CN(C(C)C)C1. The van der Waals surface area contributed by atoms with Crippen molar-refractivity contribution < 1.29 is 9.53 Å². The van der Waals surface area contributed by atoms with Gasteiger partial charge in [0.05, 0.1) is 7.11 Å². The fourth-order valence-electron chi connectivity index (χ4n) is 3.68. The van der Waals surface area contributed by atoms with E-state index < -0.39 is 0 Å². The Labute approximate surface area is 123 Å². The number of esters is 1. The monoisotopic (exact) mass is 282 g/mol. The minimum absolute atomic E-state index is 0.0692. The number of hydrogen-bond acceptors (Lipinski definition) is 4. The van der Waals surface area contributed by atoms with Gasteiger partial charge in [-0.1, -0.05) is 12.8 Å². The first-order chi connectivity index (χ1) is 9.58. The number of methoxy groups -OCH3 is 1. The third-order valence-electron chi connectivity index (χ3n) is 4.81. The number of carbonyl (C=O) groups excluding carboxylic acids is 1. The van der Waals surface area contributed by atoms with Gasteiger partial charge in [0.15, 0.2) is 0 Å². The molecule has 20 heavy (non-hydrogen) atoms. The highest BCUT2D eigenvalue weighted by Gasteiger charge is 2.31. The van der Waals surface area contributed by atoms with Gasteiger partial charge in [0.2, 0.25) is 0 Å². The fraction of sp³-hybridized carbons (Fsp3) is 0.938. The standard InChI is InChI=1S/C16H30N2O2/c1-12(2)18-10-13(9-16(19)20-3)8-15(11-18)17-14-6-4-5-7-14/h12-15,17H,4-11H2,1-3H3. The van der Waals surface area contributed by atoms with Crippen LogP contribution in [0, 0.1) is 5.92 Å². The summed E-state index contributed by atoms with van der Waals surface area (Å²) >= 11 is 0. The number of ether oxygens (including phenoxy) is 1. The van der Waals surface area contributed by atoms with Crippen LogP contribution in [0.4, 0.5) is 0 Å². The lowest BCUT2D eigenvalue weighted by Crippen LogP contribution is -2.53. The van der Waals surface area contributed by atoms with E-state index in [4.69, 9.17) is 4.74 Å². The van der Waals surface area contributed by atoms with Gasteiger partial charge in [0.1, 0.15) is 0 Å². The Balaban J connectivity index is 1.90. The van der Waals surface area contributed by atoms with Crippen molar-refractivity contribution in [3.63, 3.8) is 0 Å². The lowest BCUT2D eigenvalue weighted by molar-refractivity contribution is -0.142. The molecule has 0 bridgehead atoms. The summed E-state index contributed by atoms with van der Waals surface area (Å²) in [6.07, 6.45) is 7.03. The molecule has 0 aromatic carbocycles. The van der Waals surface area contributed by atoms with Gasteiger partial charge in [-0.15, -0.1) is 0 Å². The normalized spacial score (nSPS) is 29.0. The molecule has 0 aromatic heterocycles. The van der Waals surface area contributed by atoms with Crippen LogP contribution in [-0.4, -0.2) is 49.2 Å². The van der Waals surface area contributed by atoms with Gasteiger partial charge >= 0.3 is 5.97 Å². The fourth-order valence-corrected chi connectivity index (χ4v) is 3.68. The van der Waals surface area contributed by atoms with Crippen molar-refractivity contribution in [1.29, 1.82) is 0 Å². The van der Waals surface area contributed by atoms with E-state index in [1.807, 2.05) is 0 Å². The molecular weight excluding hydrogens is 252 g/mol. The molecule has 1 heterocycles. The maximum absolute atomic E-state index is 11.5. The molecule has 4 nitrogen and oxygen atoms in total. The van der Waals surface area contributed by atoms with Crippen molar-refractivity contribution in [2.75, 3.05) is 20.2 Å². The molecule has 1 saturated carbocycles. The molecule has 2 unspecified atom stereocenters. The molecule has 0 spiro atoms. The predicted octanol–water partition coefficient (Wildman–Crippen LogP) is 2.18. The molecule has 2 atom stereocenters. The van der Waals surface area contributed by atoms with Gasteiger partial charge in [-0.25, -0.2) is 0 Å². The van der Waals surface area contributed by atoms with Crippen molar-refractivity contribution in [1.82, 2.24) is 10.2 Å². The quantitative estimate of drug-likeness (QED) is 0.785. The summed E-state index contributed by atoms with van der Waals surface area (Å²) in [7, 11) is 1.49. The first-order valence-corrected chi connectivity index (χ1v) is 8.15. The molecule has 116 valence electrons. The summed E-state index contributed by atoms with van der Waals surface area (Å²) < 4.78 is 4.84. The van der Waals surface area contributed by atoms with Crippen LogP contribution >= 0.6 is 0 Å². The van der Waals surface area contributed by atoms with E-state index in [1.54, 1.807) is 0 Å². The molecule has 4 heteroatoms. The molecule has 0 radical (unpaired) electrons. The van der Waals surface area contributed by atoms with Gasteiger partial charge < -0.3 is 10.1 Å². The Hall–Kier alpha value is -0.610. The Bertz CT molecular complexity index is 312. The molecule has 2 aliphatic rings. The van der Waals surface area contributed by atoms with Crippen molar-refractivity contribution in [2.45, 2.75) is 70.5 Å². The number of likely N-dealkylation sites (tertiary alicyclic amines) is 1. The second-order valence-electron chi connectivity index (χ2n) is 6.77. The van der Waals surface area contributed by atoms with Crippen LogP contribution in [0.3, 0.4) is 0 Å². The van der Waals surface area contributed by atoms with E-state index in [-0.39, 0.29) is 5.97 Å². The zero-order valence-electron chi connectivity index (χ0n) is 13.2. The van der Waals surface area contributed by atoms with Crippen molar-refractivity contribution in [3.05, 3.63) is 0 Å². The summed E-state index contributed by atoms with van der Waals surface area (Å²) in [5.74, 6) is 0.359. The Kier molecular flexibility index (Phi) is 5.85. The molecule has 2 fully saturated rings. The highest BCUT2D eigenvalue weighted by molar-refractivity contribution is 5.69. The van der Waals surface area contributed by atoms with E-state index in [1.165, 1.54) is 32.8 Å². The lowest BCUT2D eigenvalue weighted by atomic mass is 9.90. The van der Waals surface area contributed by atoms with Crippen LogP contribution in [0.1, 0.15) is 52.4 Å². The van der Waals surface area contributed by atoms with E-state index in [0.717, 1.165) is 19.5 Å². The molecule has 2 rings (SSSR count). The maximum atomic E-state index is 11.5. The minimum Gasteiger partial charge on any atom is -0.469 e. The number of carbonyl (C=O) groups is 1. The predicted molar refractivity (Wildman–Crippen MR) is 80.6 cm³/mol. The Morgan fingerprint density at radius 3 is 2.55 bits per heavy atom. The topological polar surface area (TPSA) is 41.6 Å². The zero-order chi connectivity index (χ0) is 14.5. The highest BCUT2D eigenvalue weighted by Crippen LogP contribution is 2.25. The molecular formula is C16H30N2O2. The molecule has 1 N–H and O–H groups in total. The molecule has 0 aromatic rings. The highest BCUT2D eigenvalue weighted by atomic mass is 16.5. The van der Waals surface area contributed by atoms with E-state index in [9.17, 15) is 4.79 Å². The van der Waals surface area contributed by atoms with Crippen LogP contribution in [0.15, 0.2) is 0 Å². The summed E-state index contributed by atoms with van der Waals surface area (Å²) in [6.45, 7) is 6.63. The second-order valence-corrected chi connectivity index (χ2v) is 6.77. The largest absolute Gasteiger partial charge is 0.469 e. The maximum Gasteiger partial charge on any atom is 0.305 e. The smallest absolute Gasteiger partial charge is 0.305 e. The number of nitrogens with one attached hydrogen (secondary N) is 1. The summed E-state index contributed by atoms with van der Waals surface area (Å²) in [4.78, 5) is 14.1.